The van der Waals surface area contributed by atoms with Crippen LogP contribution in [-0.2, 0) is 22.4 Å². The highest BCUT2D eigenvalue weighted by molar-refractivity contribution is 6.06. The van der Waals surface area contributed by atoms with Crippen molar-refractivity contribution in [1.29, 1.82) is 0 Å². The molecule has 3 rings (SSSR count). The standard InChI is InChI=1S/C25H25N5O4/c1-26-22(31)14-16-6-10-18(11-7-16)28-24(33)20-4-3-5-21(30-20)25(34)29-19-12-8-17(9-13-19)15-23(32)27-2/h3-13H,14-15H2,1-2H3,(H,26,31)(H,27,32)(H,28,33)(H,29,34). The molecule has 3 aromatic rings. The fourth-order valence-electron chi connectivity index (χ4n) is 3.04. The number of nitrogens with one attached hydrogen (secondary N) is 4. The number of anilines is 2. The second-order valence-electron chi connectivity index (χ2n) is 7.41. The number of nitrogens with zero attached hydrogens (tertiary/aromatic N) is 1. The average molecular weight is 460 g/mol. The minimum Gasteiger partial charge on any atom is -0.359 e. The van der Waals surface area contributed by atoms with Gasteiger partial charge in [-0.05, 0) is 47.5 Å². The third-order valence-electron chi connectivity index (χ3n) is 4.93. The van der Waals surface area contributed by atoms with E-state index in [1.807, 2.05) is 0 Å². The minimum absolute atomic E-state index is 0.0861. The van der Waals surface area contributed by atoms with Crippen molar-refractivity contribution in [2.24, 2.45) is 0 Å². The molecular weight excluding hydrogens is 434 g/mol. The van der Waals surface area contributed by atoms with Gasteiger partial charge in [-0.25, -0.2) is 4.98 Å². The van der Waals surface area contributed by atoms with Gasteiger partial charge in [-0.2, -0.15) is 0 Å². The normalized spacial score (nSPS) is 10.2. The molecule has 0 fully saturated rings. The van der Waals surface area contributed by atoms with Gasteiger partial charge in [0.05, 0.1) is 12.8 Å². The zero-order valence-corrected chi connectivity index (χ0v) is 18.8. The fraction of sp³-hybridized carbons (Fsp3) is 0.160. The molecule has 0 atom stereocenters. The second kappa shape index (κ2) is 11.4. The lowest BCUT2D eigenvalue weighted by molar-refractivity contribution is -0.120. The highest BCUT2D eigenvalue weighted by Crippen LogP contribution is 2.14. The molecule has 9 nitrogen and oxygen atoms in total. The molecule has 2 aromatic carbocycles. The summed E-state index contributed by atoms with van der Waals surface area (Å²) in [6, 6.07) is 18.4. The molecular formula is C25H25N5O4. The maximum atomic E-state index is 12.6. The molecule has 0 unspecified atom stereocenters. The highest BCUT2D eigenvalue weighted by Gasteiger charge is 2.13. The van der Waals surface area contributed by atoms with E-state index < -0.39 is 11.8 Å². The van der Waals surface area contributed by atoms with Crippen molar-refractivity contribution in [1.82, 2.24) is 15.6 Å². The second-order valence-corrected chi connectivity index (χ2v) is 7.41. The molecule has 1 aromatic heterocycles. The Labute approximate surface area is 197 Å². The number of aromatic nitrogens is 1. The summed E-state index contributed by atoms with van der Waals surface area (Å²) < 4.78 is 0. The summed E-state index contributed by atoms with van der Waals surface area (Å²) in [6.45, 7) is 0. The van der Waals surface area contributed by atoms with Gasteiger partial charge in [0, 0.05) is 25.5 Å². The number of carbonyl (C=O) groups excluding carboxylic acids is 4. The molecule has 1 heterocycles. The lowest BCUT2D eigenvalue weighted by atomic mass is 10.1. The van der Waals surface area contributed by atoms with Crippen molar-refractivity contribution in [2.45, 2.75) is 12.8 Å². The van der Waals surface area contributed by atoms with Crippen molar-refractivity contribution < 1.29 is 19.2 Å². The molecule has 0 aliphatic rings. The zero-order valence-electron chi connectivity index (χ0n) is 18.8. The van der Waals surface area contributed by atoms with Crippen LogP contribution in [-0.4, -0.2) is 42.7 Å². The molecule has 9 heteroatoms. The van der Waals surface area contributed by atoms with Gasteiger partial charge in [0.1, 0.15) is 11.4 Å². The third-order valence-corrected chi connectivity index (χ3v) is 4.93. The van der Waals surface area contributed by atoms with Gasteiger partial charge in [-0.15, -0.1) is 0 Å². The monoisotopic (exact) mass is 459 g/mol. The van der Waals surface area contributed by atoms with Gasteiger partial charge >= 0.3 is 0 Å². The van der Waals surface area contributed by atoms with E-state index in [0.29, 0.717) is 11.4 Å². The summed E-state index contributed by atoms with van der Waals surface area (Å²) in [5.74, 6) is -1.13. The predicted molar refractivity (Wildman–Crippen MR) is 129 cm³/mol. The van der Waals surface area contributed by atoms with Gasteiger partial charge in [0.25, 0.3) is 11.8 Å². The summed E-state index contributed by atoms with van der Waals surface area (Å²) in [4.78, 5) is 52.3. The van der Waals surface area contributed by atoms with E-state index in [2.05, 4.69) is 26.3 Å². The Hall–Kier alpha value is -4.53. The number of carbonyl (C=O) groups is 4. The highest BCUT2D eigenvalue weighted by atomic mass is 16.2. The molecule has 34 heavy (non-hydrogen) atoms. The lowest BCUT2D eigenvalue weighted by Gasteiger charge is -2.09. The number of pyridine rings is 1. The van der Waals surface area contributed by atoms with Crippen LogP contribution in [0, 0.1) is 0 Å². The average Bonchev–Trinajstić information content (AvgIpc) is 2.86. The SMILES string of the molecule is CNC(=O)Cc1ccc(NC(=O)c2cccc(C(=O)Nc3ccc(CC(=O)NC)cc3)n2)cc1. The van der Waals surface area contributed by atoms with E-state index in [-0.39, 0.29) is 36.0 Å². The summed E-state index contributed by atoms with van der Waals surface area (Å²) in [5, 5.41) is 10.6. The Morgan fingerprint density at radius 2 is 1.00 bits per heavy atom. The van der Waals surface area contributed by atoms with Crippen LogP contribution in [0.25, 0.3) is 0 Å². The van der Waals surface area contributed by atoms with Crippen molar-refractivity contribution in [3.05, 3.63) is 89.2 Å². The quantitative estimate of drug-likeness (QED) is 0.410. The van der Waals surface area contributed by atoms with Gasteiger partial charge in [-0.1, -0.05) is 30.3 Å². The molecule has 0 spiro atoms. The first-order valence-corrected chi connectivity index (χ1v) is 10.6. The number of benzene rings is 2. The Balaban J connectivity index is 1.62. The number of hydrogen-bond acceptors (Lipinski definition) is 5. The Morgan fingerprint density at radius 3 is 1.35 bits per heavy atom. The van der Waals surface area contributed by atoms with Gasteiger partial charge in [0.2, 0.25) is 11.8 Å². The van der Waals surface area contributed by atoms with Crippen LogP contribution in [0.4, 0.5) is 11.4 Å². The lowest BCUT2D eigenvalue weighted by Crippen LogP contribution is -2.20. The molecule has 0 aliphatic carbocycles. The van der Waals surface area contributed by atoms with E-state index in [1.54, 1.807) is 68.7 Å². The molecule has 4 N–H and O–H groups in total. The van der Waals surface area contributed by atoms with E-state index in [4.69, 9.17) is 0 Å². The fourth-order valence-corrected chi connectivity index (χ4v) is 3.04. The van der Waals surface area contributed by atoms with Gasteiger partial charge < -0.3 is 21.3 Å². The number of likely N-dealkylation sites (N-methyl/N-ethyl adjacent to an activating group) is 2. The van der Waals surface area contributed by atoms with Gasteiger partial charge in [-0.3, -0.25) is 19.2 Å². The third kappa shape index (κ3) is 6.73. The summed E-state index contributed by atoms with van der Waals surface area (Å²) in [6.07, 6.45) is 0.500. The summed E-state index contributed by atoms with van der Waals surface area (Å²) in [7, 11) is 3.15. The molecule has 0 radical (unpaired) electrons. The molecule has 0 bridgehead atoms. The summed E-state index contributed by atoms with van der Waals surface area (Å²) >= 11 is 0. The van der Waals surface area contributed by atoms with Crippen LogP contribution >= 0.6 is 0 Å². The van der Waals surface area contributed by atoms with E-state index in [0.717, 1.165) is 11.1 Å². The predicted octanol–water partition coefficient (Wildman–Crippen LogP) is 2.16. The van der Waals surface area contributed by atoms with Crippen molar-refractivity contribution in [3.63, 3.8) is 0 Å². The van der Waals surface area contributed by atoms with Crippen LogP contribution in [0.3, 0.4) is 0 Å². The largest absolute Gasteiger partial charge is 0.359 e. The van der Waals surface area contributed by atoms with Crippen LogP contribution in [0.5, 0.6) is 0 Å². The first-order chi connectivity index (χ1) is 16.4. The summed E-state index contributed by atoms with van der Waals surface area (Å²) in [5.41, 5.74) is 2.89. The topological polar surface area (TPSA) is 129 Å². The molecule has 174 valence electrons. The van der Waals surface area contributed by atoms with Crippen LogP contribution in [0.2, 0.25) is 0 Å². The molecule has 0 saturated heterocycles. The number of amides is 4. The van der Waals surface area contributed by atoms with Crippen molar-refractivity contribution >= 4 is 35.0 Å². The Morgan fingerprint density at radius 1 is 0.618 bits per heavy atom. The van der Waals surface area contributed by atoms with E-state index in [1.165, 1.54) is 12.1 Å². The van der Waals surface area contributed by atoms with Crippen LogP contribution < -0.4 is 21.3 Å². The maximum Gasteiger partial charge on any atom is 0.274 e. The van der Waals surface area contributed by atoms with Crippen LogP contribution in [0.15, 0.2) is 66.7 Å². The molecule has 0 saturated carbocycles. The number of hydrogen-bond donors (Lipinski definition) is 4. The number of rotatable bonds is 8. The van der Waals surface area contributed by atoms with Crippen LogP contribution in [0.1, 0.15) is 32.1 Å². The van der Waals surface area contributed by atoms with Gasteiger partial charge in [0.15, 0.2) is 0 Å². The van der Waals surface area contributed by atoms with E-state index in [9.17, 15) is 19.2 Å². The zero-order chi connectivity index (χ0) is 24.5. The maximum absolute atomic E-state index is 12.6. The first kappa shape index (κ1) is 24.1. The van der Waals surface area contributed by atoms with E-state index >= 15 is 0 Å². The minimum atomic E-state index is -0.466. The first-order valence-electron chi connectivity index (χ1n) is 10.6. The van der Waals surface area contributed by atoms with Crippen molar-refractivity contribution in [2.75, 3.05) is 24.7 Å². The molecule has 4 amide bonds. The smallest absolute Gasteiger partial charge is 0.274 e. The molecule has 0 aliphatic heterocycles. The Bertz CT molecular complexity index is 1100. The Kier molecular flexibility index (Phi) is 8.07. The van der Waals surface area contributed by atoms with Crippen molar-refractivity contribution in [3.8, 4) is 0 Å².